The molecule has 2 unspecified atom stereocenters. The lowest BCUT2D eigenvalue weighted by molar-refractivity contribution is -0.138. The van der Waals surface area contributed by atoms with E-state index in [1.54, 1.807) is 14.0 Å². The van der Waals surface area contributed by atoms with Crippen molar-refractivity contribution in [3.8, 4) is 0 Å². The summed E-state index contributed by atoms with van der Waals surface area (Å²) in [4.78, 5) is 40.3. The van der Waals surface area contributed by atoms with Gasteiger partial charge in [-0.15, -0.1) is 0 Å². The number of aryl methyl sites for hydroxylation is 1. The lowest BCUT2D eigenvalue weighted by atomic mass is 9.88. The molecule has 0 fully saturated rings. The predicted octanol–water partition coefficient (Wildman–Crippen LogP) is 1.88. The SMILES string of the molecule is CN[C@@H](C)C(=O)NC1=CNC(c2ccccc2)N(CC(=O)NC2CCCc3ccccc32)C1=O. The molecule has 2 aromatic carbocycles. The zero-order valence-corrected chi connectivity index (χ0v) is 19.5. The molecule has 1 aliphatic heterocycles. The Hall–Kier alpha value is -3.65. The number of nitrogens with one attached hydrogen (secondary N) is 4. The molecule has 2 aliphatic rings. The lowest BCUT2D eigenvalue weighted by Crippen LogP contribution is -2.53. The minimum Gasteiger partial charge on any atom is -0.365 e. The molecule has 2 aromatic rings. The molecule has 4 rings (SSSR count). The summed E-state index contributed by atoms with van der Waals surface area (Å²) in [5, 5.41) is 11.8. The molecule has 3 amide bonds. The van der Waals surface area contributed by atoms with E-state index in [0.29, 0.717) is 0 Å². The van der Waals surface area contributed by atoms with Crippen LogP contribution in [0.2, 0.25) is 0 Å². The first-order chi connectivity index (χ1) is 16.5. The van der Waals surface area contributed by atoms with Gasteiger partial charge in [-0.05, 0) is 49.9 Å². The second-order valence-electron chi connectivity index (χ2n) is 8.68. The van der Waals surface area contributed by atoms with Crippen LogP contribution in [0.25, 0.3) is 0 Å². The summed E-state index contributed by atoms with van der Waals surface area (Å²) in [7, 11) is 1.67. The fraction of sp³-hybridized carbons (Fsp3) is 0.346. The van der Waals surface area contributed by atoms with Gasteiger partial charge in [-0.3, -0.25) is 14.4 Å². The van der Waals surface area contributed by atoms with Gasteiger partial charge < -0.3 is 26.2 Å². The van der Waals surface area contributed by atoms with Gasteiger partial charge in [0.2, 0.25) is 11.8 Å². The van der Waals surface area contributed by atoms with E-state index in [9.17, 15) is 14.4 Å². The van der Waals surface area contributed by atoms with E-state index in [1.165, 1.54) is 16.7 Å². The van der Waals surface area contributed by atoms with Gasteiger partial charge in [0.25, 0.3) is 5.91 Å². The first-order valence-electron chi connectivity index (χ1n) is 11.7. The van der Waals surface area contributed by atoms with Crippen LogP contribution in [0, 0.1) is 0 Å². The predicted molar refractivity (Wildman–Crippen MR) is 129 cm³/mol. The summed E-state index contributed by atoms with van der Waals surface area (Å²) in [5.74, 6) is -0.984. The maximum atomic E-state index is 13.4. The maximum absolute atomic E-state index is 13.4. The molecule has 4 N–H and O–H groups in total. The number of amides is 3. The van der Waals surface area contributed by atoms with Crippen molar-refractivity contribution in [2.45, 2.75) is 44.4 Å². The first kappa shape index (κ1) is 23.5. The van der Waals surface area contributed by atoms with Crippen LogP contribution >= 0.6 is 0 Å². The third-order valence-corrected chi connectivity index (χ3v) is 6.41. The van der Waals surface area contributed by atoms with E-state index < -0.39 is 18.1 Å². The van der Waals surface area contributed by atoms with Crippen molar-refractivity contribution in [1.29, 1.82) is 0 Å². The molecule has 1 aliphatic carbocycles. The fourth-order valence-electron chi connectivity index (χ4n) is 4.42. The molecule has 0 aromatic heterocycles. The van der Waals surface area contributed by atoms with Gasteiger partial charge in [0, 0.05) is 6.20 Å². The molecule has 0 bridgehead atoms. The van der Waals surface area contributed by atoms with Gasteiger partial charge in [-0.2, -0.15) is 0 Å². The minimum absolute atomic E-state index is 0.0772. The van der Waals surface area contributed by atoms with Crippen LogP contribution < -0.4 is 21.3 Å². The van der Waals surface area contributed by atoms with Gasteiger partial charge in [0.1, 0.15) is 18.4 Å². The monoisotopic (exact) mass is 461 g/mol. The van der Waals surface area contributed by atoms with Crippen LogP contribution in [0.15, 0.2) is 66.5 Å². The van der Waals surface area contributed by atoms with Crippen LogP contribution in [0.1, 0.15) is 48.7 Å². The fourth-order valence-corrected chi connectivity index (χ4v) is 4.42. The zero-order valence-electron chi connectivity index (χ0n) is 19.5. The van der Waals surface area contributed by atoms with Crippen LogP contribution in [-0.2, 0) is 20.8 Å². The third-order valence-electron chi connectivity index (χ3n) is 6.41. The number of nitrogens with zero attached hydrogens (tertiary/aromatic N) is 1. The van der Waals surface area contributed by atoms with E-state index in [4.69, 9.17) is 0 Å². The van der Waals surface area contributed by atoms with E-state index in [2.05, 4.69) is 33.4 Å². The average molecular weight is 462 g/mol. The van der Waals surface area contributed by atoms with E-state index in [1.807, 2.05) is 42.5 Å². The molecular weight excluding hydrogens is 430 g/mol. The summed E-state index contributed by atoms with van der Waals surface area (Å²) in [6.45, 7) is 1.56. The van der Waals surface area contributed by atoms with Crippen molar-refractivity contribution in [3.05, 3.63) is 83.2 Å². The highest BCUT2D eigenvalue weighted by Gasteiger charge is 2.34. The van der Waals surface area contributed by atoms with Crippen molar-refractivity contribution < 1.29 is 14.4 Å². The Kier molecular flexibility index (Phi) is 7.27. The molecule has 0 saturated carbocycles. The van der Waals surface area contributed by atoms with Crippen molar-refractivity contribution in [2.24, 2.45) is 0 Å². The highest BCUT2D eigenvalue weighted by molar-refractivity contribution is 6.00. The summed E-state index contributed by atoms with van der Waals surface area (Å²) in [6, 6.07) is 17.1. The number of rotatable bonds is 7. The minimum atomic E-state index is -0.527. The van der Waals surface area contributed by atoms with Crippen LogP contribution in [0.5, 0.6) is 0 Å². The summed E-state index contributed by atoms with van der Waals surface area (Å²) in [5.41, 5.74) is 3.34. The van der Waals surface area contributed by atoms with Gasteiger partial charge in [-0.25, -0.2) is 0 Å². The summed E-state index contributed by atoms with van der Waals surface area (Å²) in [6.07, 6.45) is 3.85. The molecule has 0 spiro atoms. The van der Waals surface area contributed by atoms with Crippen molar-refractivity contribution in [1.82, 2.24) is 26.2 Å². The number of fused-ring (bicyclic) bond motifs is 1. The Labute approximate surface area is 199 Å². The standard InChI is InChI=1S/C26H31N5O3/c1-17(27-2)25(33)30-22-15-28-24(19-10-4-3-5-11-19)31(26(22)34)16-23(32)29-21-14-8-12-18-9-6-7-13-20(18)21/h3-7,9-11,13,15,17,21,24,27-28H,8,12,14,16H2,1-2H3,(H,29,32)(H,30,33)/t17-,21?,24?/m0/s1. The Morgan fingerprint density at radius 3 is 2.62 bits per heavy atom. The van der Waals surface area contributed by atoms with E-state index >= 15 is 0 Å². The average Bonchev–Trinajstić information content (AvgIpc) is 2.86. The first-order valence-corrected chi connectivity index (χ1v) is 11.7. The van der Waals surface area contributed by atoms with Gasteiger partial charge in [0.15, 0.2) is 0 Å². The summed E-state index contributed by atoms with van der Waals surface area (Å²) >= 11 is 0. The van der Waals surface area contributed by atoms with E-state index in [0.717, 1.165) is 30.4 Å². The number of benzene rings is 2. The number of likely N-dealkylation sites (N-methyl/N-ethyl adjacent to an activating group) is 1. The molecule has 8 heteroatoms. The normalized spacial score (nSPS) is 20.5. The Morgan fingerprint density at radius 2 is 1.85 bits per heavy atom. The number of hydrogen-bond acceptors (Lipinski definition) is 5. The highest BCUT2D eigenvalue weighted by Crippen LogP contribution is 2.30. The molecule has 1 heterocycles. The second kappa shape index (κ2) is 10.5. The third kappa shape index (κ3) is 5.12. The highest BCUT2D eigenvalue weighted by atomic mass is 16.2. The molecule has 34 heavy (non-hydrogen) atoms. The Morgan fingerprint density at radius 1 is 1.12 bits per heavy atom. The topological polar surface area (TPSA) is 103 Å². The van der Waals surface area contributed by atoms with E-state index in [-0.39, 0.29) is 30.1 Å². The van der Waals surface area contributed by atoms with Crippen LogP contribution in [0.3, 0.4) is 0 Å². The molecule has 8 nitrogen and oxygen atoms in total. The van der Waals surface area contributed by atoms with Crippen molar-refractivity contribution in [3.63, 3.8) is 0 Å². The number of carbonyl (C=O) groups is 3. The van der Waals surface area contributed by atoms with Crippen LogP contribution in [-0.4, -0.2) is 42.3 Å². The molecular formula is C26H31N5O3. The molecule has 178 valence electrons. The summed E-state index contributed by atoms with van der Waals surface area (Å²) < 4.78 is 0. The Bertz CT molecular complexity index is 1080. The number of carbonyl (C=O) groups excluding carboxylic acids is 3. The van der Waals surface area contributed by atoms with Crippen LogP contribution in [0.4, 0.5) is 0 Å². The second-order valence-corrected chi connectivity index (χ2v) is 8.68. The van der Waals surface area contributed by atoms with Gasteiger partial charge in [-0.1, -0.05) is 54.6 Å². The van der Waals surface area contributed by atoms with Gasteiger partial charge in [0.05, 0.1) is 12.1 Å². The zero-order chi connectivity index (χ0) is 24.1. The van der Waals surface area contributed by atoms with Gasteiger partial charge >= 0.3 is 0 Å². The quantitative estimate of drug-likeness (QED) is 0.504. The largest absolute Gasteiger partial charge is 0.365 e. The Balaban J connectivity index is 1.53. The van der Waals surface area contributed by atoms with Crippen molar-refractivity contribution >= 4 is 17.7 Å². The maximum Gasteiger partial charge on any atom is 0.274 e. The molecule has 0 radical (unpaired) electrons. The molecule has 0 saturated heterocycles. The smallest absolute Gasteiger partial charge is 0.274 e. The molecule has 3 atom stereocenters. The lowest BCUT2D eigenvalue weighted by Gasteiger charge is -2.36. The van der Waals surface area contributed by atoms with Crippen molar-refractivity contribution in [2.75, 3.05) is 13.6 Å². The number of hydrogen-bond donors (Lipinski definition) is 4.